The third-order valence-electron chi connectivity index (χ3n) is 7.02. The van der Waals surface area contributed by atoms with Gasteiger partial charge in [-0.1, -0.05) is 36.7 Å². The molecular weight excluding hydrogens is 422 g/mol. The maximum Gasteiger partial charge on any atom is 0.410 e. The van der Waals surface area contributed by atoms with Gasteiger partial charge in [-0.15, -0.1) is 0 Å². The van der Waals surface area contributed by atoms with Crippen LogP contribution in [0.15, 0.2) is 35.5 Å². The first-order valence-electron chi connectivity index (χ1n) is 11.8. The molecule has 5 nitrogen and oxygen atoms in total. The van der Waals surface area contributed by atoms with E-state index in [1.807, 2.05) is 31.9 Å². The number of rotatable bonds is 1. The van der Waals surface area contributed by atoms with Gasteiger partial charge in [0.05, 0.1) is 11.7 Å². The van der Waals surface area contributed by atoms with Crippen LogP contribution in [0.25, 0.3) is 0 Å². The summed E-state index contributed by atoms with van der Waals surface area (Å²) in [6.07, 6.45) is 11.3. The highest BCUT2D eigenvalue weighted by molar-refractivity contribution is 6.31. The number of hydrogen-bond donors (Lipinski definition) is 0. The second kappa shape index (κ2) is 8.83. The molecule has 1 fully saturated rings. The van der Waals surface area contributed by atoms with Crippen molar-refractivity contribution in [1.82, 2.24) is 14.8 Å². The minimum Gasteiger partial charge on any atom is -0.444 e. The predicted molar refractivity (Wildman–Crippen MR) is 129 cm³/mol. The molecule has 32 heavy (non-hydrogen) atoms. The summed E-state index contributed by atoms with van der Waals surface area (Å²) in [6.45, 7) is 13.3. The van der Waals surface area contributed by atoms with Crippen molar-refractivity contribution in [1.29, 1.82) is 0 Å². The van der Waals surface area contributed by atoms with E-state index in [9.17, 15) is 4.79 Å². The van der Waals surface area contributed by atoms with E-state index in [-0.39, 0.29) is 17.6 Å². The lowest BCUT2D eigenvalue weighted by atomic mass is 9.67. The molecule has 174 valence electrons. The number of aromatic nitrogens is 1. The Bertz CT molecular complexity index is 935. The Balaban J connectivity index is 1.65. The fourth-order valence-electron chi connectivity index (χ4n) is 5.46. The minimum absolute atomic E-state index is 0.104. The molecule has 3 aliphatic rings. The molecule has 1 saturated heterocycles. The third kappa shape index (κ3) is 4.74. The molecule has 0 N–H and O–H groups in total. The van der Waals surface area contributed by atoms with Crippen LogP contribution in [0.1, 0.15) is 63.4 Å². The van der Waals surface area contributed by atoms with Gasteiger partial charge in [0, 0.05) is 42.8 Å². The van der Waals surface area contributed by atoms with E-state index in [0.29, 0.717) is 19.0 Å². The van der Waals surface area contributed by atoms with E-state index < -0.39 is 5.60 Å². The van der Waals surface area contributed by atoms with E-state index in [0.717, 1.165) is 37.4 Å². The fraction of sp³-hybridized carbons (Fsp3) is 0.615. The SMILES string of the molecule is Cc1cnc2c(c1)CCC1C=C(Cl)C=CC1(C)C2N1CCCN(C(=O)OC(C)(C)C)CC1. The number of fused-ring (bicyclic) bond motifs is 2. The standard InChI is InChI=1S/C26H36ClN3O2/c1-18-15-19-7-8-20-16-21(27)9-10-26(20,5)23(22(19)28-17-18)29-11-6-12-30(14-13-29)24(31)32-25(2,3)4/h9-10,15-17,20,23H,6-8,11-14H2,1-5H3. The molecule has 2 heterocycles. The van der Waals surface area contributed by atoms with Gasteiger partial charge in [-0.25, -0.2) is 4.79 Å². The monoisotopic (exact) mass is 457 g/mol. The molecule has 4 rings (SSSR count). The van der Waals surface area contributed by atoms with Crippen LogP contribution in [0.4, 0.5) is 4.79 Å². The highest BCUT2D eigenvalue weighted by atomic mass is 35.5. The van der Waals surface area contributed by atoms with Crippen LogP contribution in [0.2, 0.25) is 0 Å². The summed E-state index contributed by atoms with van der Waals surface area (Å²) in [5, 5.41) is 0.827. The summed E-state index contributed by atoms with van der Waals surface area (Å²) in [7, 11) is 0. The average Bonchev–Trinajstić information content (AvgIpc) is 3.01. The van der Waals surface area contributed by atoms with Gasteiger partial charge in [0.25, 0.3) is 0 Å². The van der Waals surface area contributed by atoms with Crippen LogP contribution in [0.3, 0.4) is 0 Å². The first-order chi connectivity index (χ1) is 15.1. The van der Waals surface area contributed by atoms with E-state index in [4.69, 9.17) is 21.3 Å². The first-order valence-corrected chi connectivity index (χ1v) is 12.2. The second-order valence-electron chi connectivity index (χ2n) is 10.7. The molecule has 3 unspecified atom stereocenters. The van der Waals surface area contributed by atoms with Crippen LogP contribution in [0.5, 0.6) is 0 Å². The number of carbonyl (C=O) groups is 1. The minimum atomic E-state index is -0.482. The molecule has 6 heteroatoms. The van der Waals surface area contributed by atoms with Gasteiger partial charge < -0.3 is 9.64 Å². The van der Waals surface area contributed by atoms with Crippen molar-refractivity contribution < 1.29 is 9.53 Å². The molecule has 2 aliphatic carbocycles. The molecule has 1 amide bonds. The summed E-state index contributed by atoms with van der Waals surface area (Å²) < 4.78 is 5.64. The van der Waals surface area contributed by atoms with Crippen LogP contribution < -0.4 is 0 Å². The van der Waals surface area contributed by atoms with Gasteiger partial charge >= 0.3 is 6.09 Å². The van der Waals surface area contributed by atoms with Crippen molar-refractivity contribution in [3.8, 4) is 0 Å². The molecule has 0 bridgehead atoms. The third-order valence-corrected chi connectivity index (χ3v) is 7.27. The number of ether oxygens (including phenoxy) is 1. The van der Waals surface area contributed by atoms with Crippen LogP contribution in [-0.2, 0) is 11.2 Å². The predicted octanol–water partition coefficient (Wildman–Crippen LogP) is 5.64. The fourth-order valence-corrected chi connectivity index (χ4v) is 5.68. The lowest BCUT2D eigenvalue weighted by Crippen LogP contribution is -2.45. The zero-order valence-corrected chi connectivity index (χ0v) is 20.8. The Hall–Kier alpha value is -1.85. The lowest BCUT2D eigenvalue weighted by Gasteiger charge is -2.46. The van der Waals surface area contributed by atoms with E-state index in [2.05, 4.69) is 43.0 Å². The summed E-state index contributed by atoms with van der Waals surface area (Å²) >= 11 is 6.44. The van der Waals surface area contributed by atoms with E-state index in [1.165, 1.54) is 16.8 Å². The normalized spacial score (nSPS) is 28.8. The molecule has 1 aliphatic heterocycles. The highest BCUT2D eigenvalue weighted by Crippen LogP contribution is 2.52. The molecule has 0 aromatic carbocycles. The number of nitrogens with zero attached hydrogens (tertiary/aromatic N) is 3. The Morgan fingerprint density at radius 2 is 2.03 bits per heavy atom. The molecule has 0 spiro atoms. The molecule has 0 saturated carbocycles. The molecular formula is C26H36ClN3O2. The zero-order valence-electron chi connectivity index (χ0n) is 20.0. The average molecular weight is 458 g/mol. The summed E-state index contributed by atoms with van der Waals surface area (Å²) in [4.78, 5) is 22.1. The topological polar surface area (TPSA) is 45.7 Å². The van der Waals surface area contributed by atoms with Gasteiger partial charge in [0.1, 0.15) is 5.60 Å². The summed E-state index contributed by atoms with van der Waals surface area (Å²) in [5.41, 5.74) is 3.14. The highest BCUT2D eigenvalue weighted by Gasteiger charge is 2.47. The molecule has 1 aromatic rings. The van der Waals surface area contributed by atoms with E-state index in [1.54, 1.807) is 0 Å². The summed E-state index contributed by atoms with van der Waals surface area (Å²) in [6, 6.07) is 2.44. The van der Waals surface area contributed by atoms with Gasteiger partial charge in [-0.2, -0.15) is 0 Å². The number of allylic oxidation sites excluding steroid dienone is 3. The number of aryl methyl sites for hydroxylation is 2. The van der Waals surface area contributed by atoms with Crippen LogP contribution in [0, 0.1) is 18.3 Å². The maximum atomic E-state index is 12.7. The first kappa shape index (κ1) is 23.3. The van der Waals surface area contributed by atoms with Crippen LogP contribution >= 0.6 is 11.6 Å². The number of halogens is 1. The Kier molecular flexibility index (Phi) is 6.43. The molecule has 0 radical (unpaired) electrons. The van der Waals surface area contributed by atoms with Crippen molar-refractivity contribution in [3.63, 3.8) is 0 Å². The van der Waals surface area contributed by atoms with Gasteiger partial charge in [0.2, 0.25) is 0 Å². The number of pyridine rings is 1. The number of carbonyl (C=O) groups excluding carboxylic acids is 1. The second-order valence-corrected chi connectivity index (χ2v) is 11.1. The number of amides is 1. The van der Waals surface area contributed by atoms with Crippen molar-refractivity contribution in [2.75, 3.05) is 26.2 Å². The lowest BCUT2D eigenvalue weighted by molar-refractivity contribution is 0.0244. The van der Waals surface area contributed by atoms with Crippen molar-refractivity contribution in [3.05, 3.63) is 52.3 Å². The smallest absolute Gasteiger partial charge is 0.410 e. The van der Waals surface area contributed by atoms with Crippen molar-refractivity contribution in [2.24, 2.45) is 11.3 Å². The van der Waals surface area contributed by atoms with Crippen molar-refractivity contribution in [2.45, 2.75) is 65.5 Å². The largest absolute Gasteiger partial charge is 0.444 e. The van der Waals surface area contributed by atoms with Gasteiger partial charge in [0.15, 0.2) is 0 Å². The molecule has 3 atom stereocenters. The number of hydrogen-bond acceptors (Lipinski definition) is 4. The van der Waals surface area contributed by atoms with Crippen LogP contribution in [-0.4, -0.2) is 52.7 Å². The Labute approximate surface area is 197 Å². The zero-order chi connectivity index (χ0) is 23.1. The summed E-state index contributed by atoms with van der Waals surface area (Å²) in [5.74, 6) is 0.352. The van der Waals surface area contributed by atoms with E-state index >= 15 is 0 Å². The maximum absolute atomic E-state index is 12.7. The quantitative estimate of drug-likeness (QED) is 0.547. The van der Waals surface area contributed by atoms with Gasteiger partial charge in [-0.3, -0.25) is 9.88 Å². The molecule has 1 aromatic heterocycles. The van der Waals surface area contributed by atoms with Crippen molar-refractivity contribution >= 4 is 17.7 Å². The van der Waals surface area contributed by atoms with Gasteiger partial charge in [-0.05, 0) is 70.1 Å². The Morgan fingerprint density at radius 1 is 1.25 bits per heavy atom. The Morgan fingerprint density at radius 3 is 2.78 bits per heavy atom.